The van der Waals surface area contributed by atoms with E-state index in [0.717, 1.165) is 36.5 Å². The summed E-state index contributed by atoms with van der Waals surface area (Å²) in [7, 11) is 0. The second-order valence-corrected chi connectivity index (χ2v) is 9.77. The molecular formula is C24H26F3N7O. The molecule has 5 rings (SSSR count). The summed E-state index contributed by atoms with van der Waals surface area (Å²) in [5, 5.41) is 7.39. The molecule has 1 aromatic carbocycles. The summed E-state index contributed by atoms with van der Waals surface area (Å²) in [6.45, 7) is 8.00. The first kappa shape index (κ1) is 23.1. The summed E-state index contributed by atoms with van der Waals surface area (Å²) in [6.07, 6.45) is 5.80. The summed E-state index contributed by atoms with van der Waals surface area (Å²) in [4.78, 5) is 26.0. The van der Waals surface area contributed by atoms with Crippen LogP contribution in [0.25, 0.3) is 0 Å². The lowest BCUT2D eigenvalue weighted by Crippen LogP contribution is -2.51. The predicted molar refractivity (Wildman–Crippen MR) is 125 cm³/mol. The third-order valence-corrected chi connectivity index (χ3v) is 6.43. The van der Waals surface area contributed by atoms with E-state index >= 15 is 0 Å². The molecular weight excluding hydrogens is 459 g/mol. The van der Waals surface area contributed by atoms with Gasteiger partial charge in [0, 0.05) is 31.4 Å². The van der Waals surface area contributed by atoms with Crippen LogP contribution >= 0.6 is 0 Å². The number of nitrogens with zero attached hydrogens (tertiary/aromatic N) is 6. The van der Waals surface area contributed by atoms with Gasteiger partial charge in [0.25, 0.3) is 0 Å². The largest absolute Gasteiger partial charge is 0.350 e. The first-order valence-corrected chi connectivity index (χ1v) is 11.5. The first-order chi connectivity index (χ1) is 16.6. The zero-order chi connectivity index (χ0) is 24.9. The molecule has 0 unspecified atom stereocenters. The average molecular weight is 486 g/mol. The number of benzene rings is 1. The smallest absolute Gasteiger partial charge is 0.249 e. The Morgan fingerprint density at radius 1 is 1.14 bits per heavy atom. The lowest BCUT2D eigenvalue weighted by molar-refractivity contribution is -0.120. The van der Waals surface area contributed by atoms with Crippen molar-refractivity contribution < 1.29 is 18.0 Å². The molecule has 0 bridgehead atoms. The number of nitrogens with one attached hydrogen (secondary N) is 1. The Labute approximate surface area is 200 Å². The molecule has 184 valence electrons. The van der Waals surface area contributed by atoms with Gasteiger partial charge in [0.1, 0.15) is 11.7 Å². The fraction of sp³-hybridized carbons (Fsp3) is 0.417. The monoisotopic (exact) mass is 485 g/mol. The van der Waals surface area contributed by atoms with Crippen molar-refractivity contribution >= 4 is 23.4 Å². The van der Waals surface area contributed by atoms with Crippen LogP contribution in [0.1, 0.15) is 38.3 Å². The maximum absolute atomic E-state index is 13.5. The van der Waals surface area contributed by atoms with Gasteiger partial charge < -0.3 is 15.1 Å². The third-order valence-electron chi connectivity index (χ3n) is 6.43. The van der Waals surface area contributed by atoms with E-state index in [1.165, 1.54) is 4.68 Å². The standard InChI is InChI=1S/C24H26F3N7O/c1-4-33-19-10-29-23(31-21(19)34-13-24(2,3)7-18(34)22(33)35)28-8-15-9-30-32(12-15)11-14-5-16(25)20(27)17(26)6-14/h5-6,9-10,12,18H,4,7-8,11,13H2,1-3H3,(H,28,29,31)/t18-/m0/s1. The van der Waals surface area contributed by atoms with Crippen LogP contribution in [0, 0.1) is 22.9 Å². The Morgan fingerprint density at radius 3 is 2.60 bits per heavy atom. The molecule has 1 N–H and O–H groups in total. The van der Waals surface area contributed by atoms with E-state index in [9.17, 15) is 18.0 Å². The van der Waals surface area contributed by atoms with Crippen molar-refractivity contribution in [2.75, 3.05) is 28.2 Å². The zero-order valence-corrected chi connectivity index (χ0v) is 19.7. The Morgan fingerprint density at radius 2 is 1.89 bits per heavy atom. The van der Waals surface area contributed by atoms with Gasteiger partial charge in [-0.3, -0.25) is 9.48 Å². The van der Waals surface area contributed by atoms with Crippen molar-refractivity contribution in [3.8, 4) is 0 Å². The molecule has 0 aliphatic carbocycles. The van der Waals surface area contributed by atoms with Gasteiger partial charge in [-0.05, 0) is 36.5 Å². The quantitative estimate of drug-likeness (QED) is 0.536. The van der Waals surface area contributed by atoms with Gasteiger partial charge in [-0.15, -0.1) is 0 Å². The fourth-order valence-corrected chi connectivity index (χ4v) is 4.84. The van der Waals surface area contributed by atoms with Gasteiger partial charge in [0.2, 0.25) is 11.9 Å². The Balaban J connectivity index is 1.31. The van der Waals surface area contributed by atoms with Crippen LogP contribution in [0.15, 0.2) is 30.7 Å². The Hall–Kier alpha value is -3.63. The van der Waals surface area contributed by atoms with Crippen molar-refractivity contribution in [2.45, 2.75) is 46.3 Å². The highest BCUT2D eigenvalue weighted by Gasteiger charge is 2.48. The topological polar surface area (TPSA) is 79.2 Å². The maximum Gasteiger partial charge on any atom is 0.249 e. The summed E-state index contributed by atoms with van der Waals surface area (Å²) in [5.41, 5.74) is 1.79. The number of likely N-dealkylation sites (N-methyl/N-ethyl adjacent to an activating group) is 1. The van der Waals surface area contributed by atoms with Crippen molar-refractivity contribution in [1.29, 1.82) is 0 Å². The molecule has 11 heteroatoms. The van der Waals surface area contributed by atoms with E-state index in [1.54, 1.807) is 23.5 Å². The van der Waals surface area contributed by atoms with Gasteiger partial charge in [0.15, 0.2) is 23.3 Å². The zero-order valence-electron chi connectivity index (χ0n) is 19.7. The summed E-state index contributed by atoms with van der Waals surface area (Å²) >= 11 is 0. The van der Waals surface area contributed by atoms with Gasteiger partial charge in [0.05, 0.1) is 18.9 Å². The number of anilines is 3. The highest BCUT2D eigenvalue weighted by Crippen LogP contribution is 2.44. The van der Waals surface area contributed by atoms with E-state index in [1.807, 2.05) is 6.92 Å². The highest BCUT2D eigenvalue weighted by atomic mass is 19.2. The van der Waals surface area contributed by atoms with Crippen LogP contribution in [0.3, 0.4) is 0 Å². The molecule has 2 aliphatic rings. The average Bonchev–Trinajstić information content (AvgIpc) is 3.39. The molecule has 8 nitrogen and oxygen atoms in total. The molecule has 0 spiro atoms. The van der Waals surface area contributed by atoms with E-state index < -0.39 is 17.5 Å². The van der Waals surface area contributed by atoms with Crippen LogP contribution in [-0.2, 0) is 17.9 Å². The normalized spacial score (nSPS) is 18.6. The fourth-order valence-electron chi connectivity index (χ4n) is 4.84. The molecule has 0 radical (unpaired) electrons. The van der Waals surface area contributed by atoms with Gasteiger partial charge in [-0.2, -0.15) is 10.1 Å². The van der Waals surface area contributed by atoms with Crippen LogP contribution in [-0.4, -0.2) is 44.8 Å². The van der Waals surface area contributed by atoms with E-state index in [0.29, 0.717) is 24.7 Å². The highest BCUT2D eigenvalue weighted by molar-refractivity contribution is 6.05. The number of aromatic nitrogens is 4. The van der Waals surface area contributed by atoms with Crippen molar-refractivity contribution in [1.82, 2.24) is 19.7 Å². The number of carbonyl (C=O) groups is 1. The van der Waals surface area contributed by atoms with Gasteiger partial charge in [-0.1, -0.05) is 13.8 Å². The first-order valence-electron chi connectivity index (χ1n) is 11.5. The summed E-state index contributed by atoms with van der Waals surface area (Å²) in [6, 6.07) is 1.69. The summed E-state index contributed by atoms with van der Waals surface area (Å²) in [5.74, 6) is -2.69. The molecule has 2 aromatic heterocycles. The summed E-state index contributed by atoms with van der Waals surface area (Å²) < 4.78 is 41.6. The number of amides is 1. The molecule has 2 aliphatic heterocycles. The van der Waals surface area contributed by atoms with Gasteiger partial charge >= 0.3 is 0 Å². The van der Waals surface area contributed by atoms with E-state index in [-0.39, 0.29) is 29.5 Å². The van der Waals surface area contributed by atoms with Crippen molar-refractivity contribution in [3.63, 3.8) is 0 Å². The Kier molecular flexibility index (Phi) is 5.65. The van der Waals surface area contributed by atoms with E-state index in [2.05, 4.69) is 34.1 Å². The van der Waals surface area contributed by atoms with Crippen molar-refractivity contribution in [2.24, 2.45) is 5.41 Å². The molecule has 0 saturated carbocycles. The minimum Gasteiger partial charge on any atom is -0.350 e. The molecule has 4 heterocycles. The van der Waals surface area contributed by atoms with Crippen LogP contribution < -0.4 is 15.1 Å². The Bertz CT molecular complexity index is 1270. The number of hydrogen-bond donors (Lipinski definition) is 1. The second-order valence-electron chi connectivity index (χ2n) is 9.77. The SMILES string of the molecule is CCN1C(=O)[C@@H]2CC(C)(C)CN2c2nc(NCc3cnn(Cc4cc(F)c(F)c(F)c4)c3)ncc21. The molecule has 3 aromatic rings. The number of carbonyl (C=O) groups excluding carboxylic acids is 1. The van der Waals surface area contributed by atoms with Crippen LogP contribution in [0.4, 0.5) is 30.6 Å². The molecule has 1 amide bonds. The number of rotatable bonds is 6. The molecule has 1 fully saturated rings. The van der Waals surface area contributed by atoms with Crippen LogP contribution in [0.5, 0.6) is 0 Å². The molecule has 1 atom stereocenters. The molecule has 35 heavy (non-hydrogen) atoms. The van der Waals surface area contributed by atoms with E-state index in [4.69, 9.17) is 4.98 Å². The molecule has 1 saturated heterocycles. The minimum absolute atomic E-state index is 0.00479. The number of halogens is 3. The predicted octanol–water partition coefficient (Wildman–Crippen LogP) is 3.72. The van der Waals surface area contributed by atoms with Gasteiger partial charge in [-0.25, -0.2) is 18.2 Å². The van der Waals surface area contributed by atoms with Crippen LogP contribution in [0.2, 0.25) is 0 Å². The number of hydrogen-bond acceptors (Lipinski definition) is 6. The third kappa shape index (κ3) is 4.30. The lowest BCUT2D eigenvalue weighted by Gasteiger charge is -2.37. The van der Waals surface area contributed by atoms with Crippen molar-refractivity contribution in [3.05, 3.63) is 59.3 Å². The number of fused-ring (bicyclic) bond motifs is 3. The second kappa shape index (κ2) is 8.54. The lowest BCUT2D eigenvalue weighted by atomic mass is 9.90. The minimum atomic E-state index is -1.49. The maximum atomic E-state index is 13.5.